The first-order valence-electron chi connectivity index (χ1n) is 4.16. The average Bonchev–Trinajstić information content (AvgIpc) is 2.66. The fourth-order valence-corrected chi connectivity index (χ4v) is 1.65. The Balaban J connectivity index is 2.03. The molecule has 2 atom stereocenters. The van der Waals surface area contributed by atoms with E-state index < -0.39 is 11.4 Å². The standard InChI is InChI=1S/C8H12O4/c9-7(10)8(1-2-11-5-8)3-6-4-12-6/h6H,1-5H2,(H,9,10). The monoisotopic (exact) mass is 172 g/mol. The van der Waals surface area contributed by atoms with E-state index in [0.717, 1.165) is 6.61 Å². The zero-order valence-corrected chi connectivity index (χ0v) is 6.78. The Morgan fingerprint density at radius 2 is 2.42 bits per heavy atom. The van der Waals surface area contributed by atoms with Crippen LogP contribution in [0.3, 0.4) is 0 Å². The van der Waals surface area contributed by atoms with Crippen LogP contribution in [0.2, 0.25) is 0 Å². The first-order valence-corrected chi connectivity index (χ1v) is 4.16. The lowest BCUT2D eigenvalue weighted by Gasteiger charge is -2.20. The van der Waals surface area contributed by atoms with Crippen molar-refractivity contribution in [3.05, 3.63) is 0 Å². The molecule has 4 heteroatoms. The van der Waals surface area contributed by atoms with Crippen molar-refractivity contribution in [2.45, 2.75) is 18.9 Å². The van der Waals surface area contributed by atoms with Crippen molar-refractivity contribution in [3.8, 4) is 0 Å². The maximum absolute atomic E-state index is 11.0. The molecule has 0 spiro atoms. The van der Waals surface area contributed by atoms with Gasteiger partial charge in [-0.3, -0.25) is 4.79 Å². The molecule has 2 heterocycles. The van der Waals surface area contributed by atoms with E-state index in [1.165, 1.54) is 0 Å². The third-order valence-corrected chi connectivity index (χ3v) is 2.58. The van der Waals surface area contributed by atoms with Gasteiger partial charge in [0.25, 0.3) is 0 Å². The second-order valence-electron chi connectivity index (χ2n) is 3.55. The summed E-state index contributed by atoms with van der Waals surface area (Å²) < 4.78 is 10.1. The van der Waals surface area contributed by atoms with Gasteiger partial charge in [0, 0.05) is 6.61 Å². The molecule has 2 rings (SSSR count). The van der Waals surface area contributed by atoms with Crippen molar-refractivity contribution in [3.63, 3.8) is 0 Å². The van der Waals surface area contributed by atoms with E-state index in [-0.39, 0.29) is 6.10 Å². The molecule has 0 aromatic heterocycles. The van der Waals surface area contributed by atoms with Crippen LogP contribution in [-0.4, -0.2) is 37.0 Å². The SMILES string of the molecule is O=C(O)C1(CC2CO2)CCOC1. The summed E-state index contributed by atoms with van der Waals surface area (Å²) in [6.45, 7) is 1.64. The van der Waals surface area contributed by atoms with Gasteiger partial charge in [-0.2, -0.15) is 0 Å². The molecule has 0 aromatic rings. The first kappa shape index (κ1) is 8.01. The van der Waals surface area contributed by atoms with Gasteiger partial charge < -0.3 is 14.6 Å². The Bertz CT molecular complexity index is 191. The van der Waals surface area contributed by atoms with Crippen LogP contribution in [0.1, 0.15) is 12.8 Å². The molecule has 0 radical (unpaired) electrons. The van der Waals surface area contributed by atoms with Crippen LogP contribution in [0.4, 0.5) is 0 Å². The molecule has 0 bridgehead atoms. The van der Waals surface area contributed by atoms with E-state index in [2.05, 4.69) is 0 Å². The Hall–Kier alpha value is -0.610. The predicted octanol–water partition coefficient (Wildman–Crippen LogP) is 0.267. The fourth-order valence-electron chi connectivity index (χ4n) is 1.65. The average molecular weight is 172 g/mol. The number of carboxylic acid groups (broad SMARTS) is 1. The summed E-state index contributed by atoms with van der Waals surface area (Å²) in [7, 11) is 0. The molecule has 68 valence electrons. The van der Waals surface area contributed by atoms with Gasteiger partial charge >= 0.3 is 5.97 Å². The molecule has 2 aliphatic rings. The molecule has 2 aliphatic heterocycles. The van der Waals surface area contributed by atoms with Gasteiger partial charge in [-0.15, -0.1) is 0 Å². The molecule has 1 N–H and O–H groups in total. The third kappa shape index (κ3) is 1.32. The normalized spacial score (nSPS) is 39.8. The highest BCUT2D eigenvalue weighted by Gasteiger charge is 2.46. The summed E-state index contributed by atoms with van der Waals surface area (Å²) in [5.74, 6) is -0.740. The van der Waals surface area contributed by atoms with Crippen molar-refractivity contribution in [2.24, 2.45) is 5.41 Å². The quantitative estimate of drug-likeness (QED) is 0.620. The molecule has 2 unspecified atom stereocenters. The summed E-state index contributed by atoms with van der Waals surface area (Å²) in [5, 5.41) is 9.00. The van der Waals surface area contributed by atoms with Crippen LogP contribution in [0.25, 0.3) is 0 Å². The van der Waals surface area contributed by atoms with Gasteiger partial charge in [0.05, 0.1) is 24.7 Å². The number of epoxide rings is 1. The zero-order valence-electron chi connectivity index (χ0n) is 6.78. The summed E-state index contributed by atoms with van der Waals surface area (Å²) in [4.78, 5) is 11.0. The molecular weight excluding hydrogens is 160 g/mol. The highest BCUT2D eigenvalue weighted by molar-refractivity contribution is 5.75. The van der Waals surface area contributed by atoms with Crippen molar-refractivity contribution in [1.29, 1.82) is 0 Å². The van der Waals surface area contributed by atoms with Gasteiger partial charge in [0.2, 0.25) is 0 Å². The van der Waals surface area contributed by atoms with Crippen molar-refractivity contribution in [2.75, 3.05) is 19.8 Å². The van der Waals surface area contributed by atoms with Crippen LogP contribution in [-0.2, 0) is 14.3 Å². The van der Waals surface area contributed by atoms with Crippen molar-refractivity contribution < 1.29 is 19.4 Å². The first-order chi connectivity index (χ1) is 5.73. The molecule has 4 nitrogen and oxygen atoms in total. The highest BCUT2D eigenvalue weighted by atomic mass is 16.6. The number of rotatable bonds is 3. The summed E-state index contributed by atoms with van der Waals surface area (Å²) in [5.41, 5.74) is -0.652. The lowest BCUT2D eigenvalue weighted by atomic mass is 9.83. The predicted molar refractivity (Wildman–Crippen MR) is 39.9 cm³/mol. The van der Waals surface area contributed by atoms with Crippen LogP contribution >= 0.6 is 0 Å². The van der Waals surface area contributed by atoms with Gasteiger partial charge in [-0.05, 0) is 12.8 Å². The third-order valence-electron chi connectivity index (χ3n) is 2.58. The second kappa shape index (κ2) is 2.71. The topological polar surface area (TPSA) is 59.1 Å². The molecule has 2 saturated heterocycles. The second-order valence-corrected chi connectivity index (χ2v) is 3.55. The van der Waals surface area contributed by atoms with E-state index in [1.807, 2.05) is 0 Å². The van der Waals surface area contributed by atoms with Gasteiger partial charge in [0.1, 0.15) is 0 Å². The van der Waals surface area contributed by atoms with E-state index in [1.54, 1.807) is 0 Å². The summed E-state index contributed by atoms with van der Waals surface area (Å²) >= 11 is 0. The van der Waals surface area contributed by atoms with E-state index >= 15 is 0 Å². The van der Waals surface area contributed by atoms with Gasteiger partial charge in [0.15, 0.2) is 0 Å². The van der Waals surface area contributed by atoms with E-state index in [4.69, 9.17) is 14.6 Å². The molecule has 0 amide bonds. The smallest absolute Gasteiger partial charge is 0.312 e. The molecule has 0 aliphatic carbocycles. The minimum atomic E-state index is -0.740. The molecule has 0 aromatic carbocycles. The lowest BCUT2D eigenvalue weighted by molar-refractivity contribution is -0.149. The highest BCUT2D eigenvalue weighted by Crippen LogP contribution is 2.37. The maximum atomic E-state index is 11.0. The lowest BCUT2D eigenvalue weighted by Crippen LogP contribution is -2.32. The Morgan fingerprint density at radius 3 is 2.83 bits per heavy atom. The molecule has 0 saturated carbocycles. The van der Waals surface area contributed by atoms with Crippen molar-refractivity contribution in [1.82, 2.24) is 0 Å². The molecule has 12 heavy (non-hydrogen) atoms. The number of hydrogen-bond donors (Lipinski definition) is 1. The molecule has 2 fully saturated rings. The summed E-state index contributed by atoms with van der Waals surface area (Å²) in [6.07, 6.45) is 1.41. The zero-order chi connectivity index (χ0) is 8.60. The summed E-state index contributed by atoms with van der Waals surface area (Å²) in [6, 6.07) is 0. The largest absolute Gasteiger partial charge is 0.481 e. The van der Waals surface area contributed by atoms with E-state index in [0.29, 0.717) is 26.1 Å². The number of carboxylic acids is 1. The van der Waals surface area contributed by atoms with Crippen molar-refractivity contribution >= 4 is 5.97 Å². The minimum absolute atomic E-state index is 0.169. The number of ether oxygens (including phenoxy) is 2. The molecular formula is C8H12O4. The van der Waals surface area contributed by atoms with Gasteiger partial charge in [-0.25, -0.2) is 0 Å². The minimum Gasteiger partial charge on any atom is -0.481 e. The van der Waals surface area contributed by atoms with Crippen LogP contribution < -0.4 is 0 Å². The van der Waals surface area contributed by atoms with Crippen LogP contribution in [0, 0.1) is 5.41 Å². The van der Waals surface area contributed by atoms with E-state index in [9.17, 15) is 4.79 Å². The Kier molecular flexibility index (Phi) is 1.81. The number of aliphatic carboxylic acids is 1. The number of carbonyl (C=O) groups is 1. The Morgan fingerprint density at radius 1 is 1.67 bits per heavy atom. The number of hydrogen-bond acceptors (Lipinski definition) is 3. The van der Waals surface area contributed by atoms with Crippen LogP contribution in [0.15, 0.2) is 0 Å². The Labute approximate surface area is 70.5 Å². The van der Waals surface area contributed by atoms with Crippen LogP contribution in [0.5, 0.6) is 0 Å². The van der Waals surface area contributed by atoms with Gasteiger partial charge in [-0.1, -0.05) is 0 Å². The fraction of sp³-hybridized carbons (Fsp3) is 0.875. The maximum Gasteiger partial charge on any atom is 0.312 e.